The summed E-state index contributed by atoms with van der Waals surface area (Å²) in [7, 11) is 1.63. The SMILES string of the molecule is COc1ccc(C(NC(=O)/C=C/c2cccnc2)c2ccccc2)cc1. The third-order valence-corrected chi connectivity index (χ3v) is 3.98. The van der Waals surface area contributed by atoms with Gasteiger partial charge < -0.3 is 10.1 Å². The minimum atomic E-state index is -0.242. The maximum absolute atomic E-state index is 12.5. The summed E-state index contributed by atoms with van der Waals surface area (Å²) >= 11 is 0. The van der Waals surface area contributed by atoms with E-state index in [4.69, 9.17) is 4.74 Å². The van der Waals surface area contributed by atoms with Crippen LogP contribution in [-0.4, -0.2) is 18.0 Å². The van der Waals surface area contributed by atoms with Gasteiger partial charge in [0.1, 0.15) is 5.75 Å². The Labute approximate surface area is 153 Å². The molecule has 2 aromatic carbocycles. The molecule has 3 rings (SSSR count). The topological polar surface area (TPSA) is 51.2 Å². The highest BCUT2D eigenvalue weighted by molar-refractivity contribution is 5.92. The molecule has 0 spiro atoms. The quantitative estimate of drug-likeness (QED) is 0.688. The van der Waals surface area contributed by atoms with Crippen LogP contribution in [-0.2, 0) is 4.79 Å². The zero-order valence-corrected chi connectivity index (χ0v) is 14.5. The molecule has 0 aliphatic rings. The second kappa shape index (κ2) is 8.62. The monoisotopic (exact) mass is 344 g/mol. The van der Waals surface area contributed by atoms with Gasteiger partial charge in [0, 0.05) is 18.5 Å². The molecule has 0 aliphatic heterocycles. The molecule has 4 heteroatoms. The van der Waals surface area contributed by atoms with E-state index in [-0.39, 0.29) is 11.9 Å². The molecule has 130 valence electrons. The molecule has 0 aliphatic carbocycles. The highest BCUT2D eigenvalue weighted by atomic mass is 16.5. The minimum Gasteiger partial charge on any atom is -0.497 e. The molecule has 0 fully saturated rings. The number of ether oxygens (including phenoxy) is 1. The van der Waals surface area contributed by atoms with E-state index in [1.54, 1.807) is 25.6 Å². The number of hydrogen-bond donors (Lipinski definition) is 1. The molecule has 1 atom stereocenters. The molecule has 0 radical (unpaired) electrons. The molecular weight excluding hydrogens is 324 g/mol. The summed E-state index contributed by atoms with van der Waals surface area (Å²) < 4.78 is 5.22. The summed E-state index contributed by atoms with van der Waals surface area (Å²) in [5, 5.41) is 3.07. The van der Waals surface area contributed by atoms with Crippen molar-refractivity contribution in [3.8, 4) is 5.75 Å². The minimum absolute atomic E-state index is 0.168. The van der Waals surface area contributed by atoms with E-state index in [0.717, 1.165) is 22.4 Å². The molecule has 1 heterocycles. The fraction of sp³-hybridized carbons (Fsp3) is 0.0909. The Bertz CT molecular complexity index is 860. The van der Waals surface area contributed by atoms with Crippen molar-refractivity contribution in [2.45, 2.75) is 6.04 Å². The average molecular weight is 344 g/mol. The summed E-state index contributed by atoms with van der Waals surface area (Å²) in [5.41, 5.74) is 2.88. The van der Waals surface area contributed by atoms with Crippen LogP contribution in [0.5, 0.6) is 5.75 Å². The highest BCUT2D eigenvalue weighted by Crippen LogP contribution is 2.24. The number of carbonyl (C=O) groups is 1. The maximum atomic E-state index is 12.5. The lowest BCUT2D eigenvalue weighted by molar-refractivity contribution is -0.116. The molecule has 4 nitrogen and oxygen atoms in total. The van der Waals surface area contributed by atoms with Crippen LogP contribution in [0.4, 0.5) is 0 Å². The third kappa shape index (κ3) is 4.57. The van der Waals surface area contributed by atoms with Gasteiger partial charge in [0.2, 0.25) is 5.91 Å². The Morgan fingerprint density at radius 2 is 1.73 bits per heavy atom. The van der Waals surface area contributed by atoms with Gasteiger partial charge in [-0.15, -0.1) is 0 Å². The molecular formula is C22H20N2O2. The Balaban J connectivity index is 1.81. The number of rotatable bonds is 6. The molecule has 0 saturated carbocycles. The predicted octanol–water partition coefficient (Wildman–Crippen LogP) is 4.01. The molecule has 26 heavy (non-hydrogen) atoms. The molecule has 0 bridgehead atoms. The van der Waals surface area contributed by atoms with Gasteiger partial charge in [0.05, 0.1) is 13.2 Å². The summed E-state index contributed by atoms with van der Waals surface area (Å²) in [6, 6.07) is 21.1. The Morgan fingerprint density at radius 1 is 1.00 bits per heavy atom. The van der Waals surface area contributed by atoms with E-state index < -0.39 is 0 Å². The van der Waals surface area contributed by atoms with E-state index in [1.807, 2.05) is 66.7 Å². The van der Waals surface area contributed by atoms with Crippen molar-refractivity contribution in [1.82, 2.24) is 10.3 Å². The van der Waals surface area contributed by atoms with E-state index in [1.165, 1.54) is 6.08 Å². The summed E-state index contributed by atoms with van der Waals surface area (Å²) in [5.74, 6) is 0.613. The second-order valence-electron chi connectivity index (χ2n) is 5.75. The predicted molar refractivity (Wildman–Crippen MR) is 103 cm³/mol. The van der Waals surface area contributed by atoms with Gasteiger partial charge >= 0.3 is 0 Å². The smallest absolute Gasteiger partial charge is 0.244 e. The van der Waals surface area contributed by atoms with Gasteiger partial charge in [0.25, 0.3) is 0 Å². The number of methoxy groups -OCH3 is 1. The highest BCUT2D eigenvalue weighted by Gasteiger charge is 2.15. The Morgan fingerprint density at radius 3 is 2.38 bits per heavy atom. The summed E-state index contributed by atoms with van der Waals surface area (Å²) in [6.45, 7) is 0. The van der Waals surface area contributed by atoms with Gasteiger partial charge in [-0.1, -0.05) is 48.5 Å². The molecule has 1 unspecified atom stereocenters. The summed E-state index contributed by atoms with van der Waals surface area (Å²) in [6.07, 6.45) is 6.68. The largest absolute Gasteiger partial charge is 0.497 e. The van der Waals surface area contributed by atoms with Crippen LogP contribution in [0.3, 0.4) is 0 Å². The maximum Gasteiger partial charge on any atom is 0.244 e. The molecule has 1 amide bonds. The van der Waals surface area contributed by atoms with E-state index in [2.05, 4.69) is 10.3 Å². The van der Waals surface area contributed by atoms with Crippen LogP contribution in [0.25, 0.3) is 6.08 Å². The van der Waals surface area contributed by atoms with Gasteiger partial charge in [-0.25, -0.2) is 0 Å². The fourth-order valence-corrected chi connectivity index (χ4v) is 2.64. The number of benzene rings is 2. The Hall–Kier alpha value is -3.40. The van der Waals surface area contributed by atoms with Crippen LogP contribution >= 0.6 is 0 Å². The number of nitrogens with zero attached hydrogens (tertiary/aromatic N) is 1. The van der Waals surface area contributed by atoms with Crippen LogP contribution in [0.1, 0.15) is 22.7 Å². The lowest BCUT2D eigenvalue weighted by atomic mass is 9.98. The van der Waals surface area contributed by atoms with Crippen molar-refractivity contribution < 1.29 is 9.53 Å². The zero-order valence-electron chi connectivity index (χ0n) is 14.5. The number of nitrogens with one attached hydrogen (secondary N) is 1. The molecule has 3 aromatic rings. The normalized spacial score (nSPS) is 11.9. The van der Waals surface area contributed by atoms with E-state index >= 15 is 0 Å². The van der Waals surface area contributed by atoms with Gasteiger partial charge in [0.15, 0.2) is 0 Å². The summed E-state index contributed by atoms with van der Waals surface area (Å²) in [4.78, 5) is 16.5. The van der Waals surface area contributed by atoms with Gasteiger partial charge in [-0.05, 0) is 41.0 Å². The first-order valence-electron chi connectivity index (χ1n) is 8.34. The number of pyridine rings is 1. The molecule has 1 aromatic heterocycles. The van der Waals surface area contributed by atoms with Crippen molar-refractivity contribution >= 4 is 12.0 Å². The second-order valence-corrected chi connectivity index (χ2v) is 5.75. The van der Waals surface area contributed by atoms with Crippen molar-refractivity contribution in [3.63, 3.8) is 0 Å². The van der Waals surface area contributed by atoms with E-state index in [0.29, 0.717) is 0 Å². The van der Waals surface area contributed by atoms with Crippen molar-refractivity contribution in [1.29, 1.82) is 0 Å². The van der Waals surface area contributed by atoms with Crippen LogP contribution < -0.4 is 10.1 Å². The van der Waals surface area contributed by atoms with E-state index in [9.17, 15) is 4.79 Å². The number of hydrogen-bond acceptors (Lipinski definition) is 3. The van der Waals surface area contributed by atoms with Crippen LogP contribution in [0.2, 0.25) is 0 Å². The standard InChI is InChI=1S/C22H20N2O2/c1-26-20-12-10-19(11-13-20)22(18-7-3-2-4-8-18)24-21(25)14-9-17-6-5-15-23-16-17/h2-16,22H,1H3,(H,24,25)/b14-9+. The first-order chi connectivity index (χ1) is 12.8. The molecule has 0 saturated heterocycles. The van der Waals surface area contributed by atoms with Crippen molar-refractivity contribution in [2.24, 2.45) is 0 Å². The fourth-order valence-electron chi connectivity index (χ4n) is 2.64. The Kier molecular flexibility index (Phi) is 5.78. The first-order valence-corrected chi connectivity index (χ1v) is 8.34. The lowest BCUT2D eigenvalue weighted by Gasteiger charge is -2.19. The van der Waals surface area contributed by atoms with Crippen molar-refractivity contribution in [3.05, 3.63) is 102 Å². The average Bonchev–Trinajstić information content (AvgIpc) is 2.72. The number of aromatic nitrogens is 1. The zero-order chi connectivity index (χ0) is 18.2. The van der Waals surface area contributed by atoms with Gasteiger partial charge in [-0.3, -0.25) is 9.78 Å². The van der Waals surface area contributed by atoms with Crippen LogP contribution in [0.15, 0.2) is 85.2 Å². The third-order valence-electron chi connectivity index (χ3n) is 3.98. The van der Waals surface area contributed by atoms with Crippen molar-refractivity contribution in [2.75, 3.05) is 7.11 Å². The van der Waals surface area contributed by atoms with Crippen LogP contribution in [0, 0.1) is 0 Å². The van der Waals surface area contributed by atoms with Gasteiger partial charge in [-0.2, -0.15) is 0 Å². The number of carbonyl (C=O) groups excluding carboxylic acids is 1. The molecule has 1 N–H and O–H groups in total. The first kappa shape index (κ1) is 17.4. The number of amides is 1. The lowest BCUT2D eigenvalue weighted by Crippen LogP contribution is -2.27.